The van der Waals surface area contributed by atoms with Gasteiger partial charge in [0.25, 0.3) is 0 Å². The first-order valence-electron chi connectivity index (χ1n) is 13.0. The van der Waals surface area contributed by atoms with Gasteiger partial charge in [-0.25, -0.2) is 0 Å². The van der Waals surface area contributed by atoms with Crippen LogP contribution in [-0.2, 0) is 11.9 Å². The molecule has 2 nitrogen and oxygen atoms in total. The first kappa shape index (κ1) is 32.0. The Balaban J connectivity index is 3.27. The van der Waals surface area contributed by atoms with E-state index in [9.17, 15) is 0 Å². The third-order valence-electron chi connectivity index (χ3n) is 7.11. The van der Waals surface area contributed by atoms with Crippen LogP contribution in [0, 0.1) is 3.63 Å². The molecule has 0 aliphatic carbocycles. The van der Waals surface area contributed by atoms with Crippen LogP contribution in [0.15, 0.2) is 48.8 Å². The number of hydrogen-bond donors (Lipinski definition) is 2. The number of rotatable bonds is 7. The second kappa shape index (κ2) is 9.81. The molecule has 3 rings (SSSR count). The molecule has 2 N–H and O–H groups in total. The van der Waals surface area contributed by atoms with Crippen molar-refractivity contribution < 1.29 is 33.9 Å². The molecule has 0 atom stereocenters. The minimum absolute atomic E-state index is 0.258. The summed E-state index contributed by atoms with van der Waals surface area (Å²) in [6.45, 7) is 14.6. The van der Waals surface area contributed by atoms with Gasteiger partial charge in [-0.2, -0.15) is 0 Å². The van der Waals surface area contributed by atoms with Crippen molar-refractivity contribution >= 4 is 20.6 Å². The van der Waals surface area contributed by atoms with Crippen LogP contribution >= 0.6 is 13.0 Å². The summed E-state index contributed by atoms with van der Waals surface area (Å²) in [5.41, 5.74) is 1.03. The van der Waals surface area contributed by atoms with Gasteiger partial charge in [-0.15, -0.1) is 0 Å². The van der Waals surface area contributed by atoms with Gasteiger partial charge in [0.15, 0.2) is 0 Å². The van der Waals surface area contributed by atoms with E-state index < -0.39 is 47.7 Å². The molecule has 224 valence electrons. The Kier molecular flexibility index (Phi) is 8.06. The van der Waals surface area contributed by atoms with Crippen molar-refractivity contribution in [3.8, 4) is 0 Å². The summed E-state index contributed by atoms with van der Waals surface area (Å²) >= 11 is -5.25. The van der Waals surface area contributed by atoms with Gasteiger partial charge in [-0.05, 0) is 0 Å². The van der Waals surface area contributed by atoms with Gasteiger partial charge in [0.05, 0.1) is 0 Å². The van der Waals surface area contributed by atoms with E-state index in [0.29, 0.717) is 6.92 Å². The molecule has 0 bridgehead atoms. The molecular formula is C30H41AuBrF5N2. The van der Waals surface area contributed by atoms with Gasteiger partial charge in [0, 0.05) is 0 Å². The maximum atomic E-state index is 17.6. The molecule has 9 heteroatoms. The van der Waals surface area contributed by atoms with E-state index in [-0.39, 0.29) is 29.8 Å². The summed E-state index contributed by atoms with van der Waals surface area (Å²) < 4.78 is 75.5. The maximum absolute atomic E-state index is 17.6. The number of imidazole rings is 1. The molecule has 0 aliphatic rings. The SMILES string of the molecule is CC(C)c1cccc(C(C)C)[c]1[Au]([Br])([c]1c(C(C)C)cccc1C(C)C)(=[c]1[nH]cc[nH]1)([C](C)(F)F)[C](F)(F)F. The van der Waals surface area contributed by atoms with Crippen molar-refractivity contribution in [1.82, 2.24) is 9.97 Å². The molecule has 0 unspecified atom stereocenters. The van der Waals surface area contributed by atoms with Crippen LogP contribution in [0.2, 0.25) is 0 Å². The standard InChI is InChI=1S/2C12H17.C3H4N2.C2H3F2.CF3.Au.BrH/c2*1-9(2)11-6-5-7-12(8-11)10(3)4;1-2-5-3-4-1;1-2(3)4;2-1(3)4;;/h2*5-7,9-10H,1-4H3;1-2,4-5H;1H3;;;1H/q;;;;;+1;/p-1. The predicted molar refractivity (Wildman–Crippen MR) is 152 cm³/mol. The van der Waals surface area contributed by atoms with E-state index in [1.54, 1.807) is 91.8 Å². The molecule has 0 saturated heterocycles. The van der Waals surface area contributed by atoms with Crippen LogP contribution in [0.1, 0.15) is 108 Å². The summed E-state index contributed by atoms with van der Waals surface area (Å²) in [6, 6.07) is 9.71. The Morgan fingerprint density at radius 3 is 1.10 bits per heavy atom. The third-order valence-corrected chi connectivity index (χ3v) is 36.9. The Morgan fingerprint density at radius 2 is 0.897 bits per heavy atom. The quantitative estimate of drug-likeness (QED) is 0.176. The molecule has 0 fully saturated rings. The summed E-state index contributed by atoms with van der Waals surface area (Å²) in [7, 11) is 0. The normalized spacial score (nSPS) is 15.4. The molecule has 0 aliphatic heterocycles. The van der Waals surface area contributed by atoms with E-state index >= 15 is 22.0 Å². The van der Waals surface area contributed by atoms with Crippen molar-refractivity contribution in [1.29, 1.82) is 0 Å². The number of aromatic amines is 2. The second-order valence-electron chi connectivity index (χ2n) is 11.1. The van der Waals surface area contributed by atoms with Gasteiger partial charge in [-0.3, -0.25) is 0 Å². The number of hydrogen-bond acceptors (Lipinski definition) is 0. The topological polar surface area (TPSA) is 31.6 Å². The van der Waals surface area contributed by atoms with E-state index in [0.717, 1.165) is 0 Å². The zero-order valence-corrected chi connectivity index (χ0v) is 27.7. The fraction of sp³-hybridized carbons (Fsp3) is 0.500. The number of alkyl halides is 5. The van der Waals surface area contributed by atoms with Crippen molar-refractivity contribution in [3.05, 3.63) is 74.7 Å². The molecule has 0 spiro atoms. The Morgan fingerprint density at radius 1 is 0.615 bits per heavy atom. The molecule has 39 heavy (non-hydrogen) atoms. The molecule has 0 radical (unpaired) electrons. The van der Waals surface area contributed by atoms with Crippen molar-refractivity contribution in [2.75, 3.05) is 0 Å². The van der Waals surface area contributed by atoms with Crippen molar-refractivity contribution in [2.24, 2.45) is 0 Å². The third kappa shape index (κ3) is 3.63. The van der Waals surface area contributed by atoms with Crippen LogP contribution < -0.4 is 7.56 Å². The van der Waals surface area contributed by atoms with Gasteiger partial charge in [-0.1, -0.05) is 0 Å². The van der Waals surface area contributed by atoms with Crippen LogP contribution in [0.4, 0.5) is 22.0 Å². The first-order chi connectivity index (χ1) is 17.8. The fourth-order valence-corrected chi connectivity index (χ4v) is 29.2. The number of benzene rings is 2. The average Bonchev–Trinajstić information content (AvgIpc) is 3.37. The molecular weight excluding hydrogens is 760 g/mol. The summed E-state index contributed by atoms with van der Waals surface area (Å²) in [5, 5.41) is 0. The average molecular weight is 802 g/mol. The number of H-pyrrole nitrogens is 2. The second-order valence-corrected chi connectivity index (χ2v) is 34.7. The molecule has 2 aromatic carbocycles. The number of nitrogens with one attached hydrogen (secondary N) is 2. The van der Waals surface area contributed by atoms with Crippen LogP contribution in [0.25, 0.3) is 0 Å². The minimum atomic E-state index is -8.61. The summed E-state index contributed by atoms with van der Waals surface area (Å²) in [5.74, 6) is -1.89. The first-order valence-corrected chi connectivity index (χ1v) is 23.1. The van der Waals surface area contributed by atoms with E-state index in [1.807, 2.05) is 0 Å². The molecule has 1 heterocycles. The molecule has 3 aromatic rings. The fourth-order valence-electron chi connectivity index (χ4n) is 5.13. The molecule has 0 saturated carbocycles. The van der Waals surface area contributed by atoms with Crippen molar-refractivity contribution in [2.45, 2.75) is 94.5 Å². The summed E-state index contributed by atoms with van der Waals surface area (Å²) in [4.78, 5) is 5.42. The van der Waals surface area contributed by atoms with Crippen LogP contribution in [-0.4, -0.2) is 18.5 Å². The number of halogens is 6. The van der Waals surface area contributed by atoms with Gasteiger partial charge < -0.3 is 0 Å². The van der Waals surface area contributed by atoms with Crippen LogP contribution in [0.3, 0.4) is 0 Å². The molecule has 0 amide bonds. The van der Waals surface area contributed by atoms with Gasteiger partial charge in [0.2, 0.25) is 0 Å². The monoisotopic (exact) mass is 800 g/mol. The Hall–Kier alpha value is -1.48. The Labute approximate surface area is 232 Å². The predicted octanol–water partition coefficient (Wildman–Crippen LogP) is 9.69. The Bertz CT molecular complexity index is 1340. The summed E-state index contributed by atoms with van der Waals surface area (Å²) in [6.07, 6.45) is 2.55. The van der Waals surface area contributed by atoms with E-state index in [1.165, 1.54) is 12.4 Å². The van der Waals surface area contributed by atoms with E-state index in [2.05, 4.69) is 23.0 Å². The van der Waals surface area contributed by atoms with Crippen molar-refractivity contribution in [3.63, 3.8) is 0 Å². The van der Waals surface area contributed by atoms with Gasteiger partial charge in [0.1, 0.15) is 0 Å². The van der Waals surface area contributed by atoms with E-state index in [4.69, 9.17) is 0 Å². The van der Waals surface area contributed by atoms with Crippen LogP contribution in [0.5, 0.6) is 0 Å². The molecule has 1 aromatic heterocycles. The van der Waals surface area contributed by atoms with Gasteiger partial charge >= 0.3 is 234 Å². The number of aromatic nitrogens is 2. The zero-order valence-electron chi connectivity index (χ0n) is 24.0. The zero-order chi connectivity index (χ0) is 29.8.